The summed E-state index contributed by atoms with van der Waals surface area (Å²) in [7, 11) is 0. The first-order valence-electron chi connectivity index (χ1n) is 5.74. The molecule has 0 radical (unpaired) electrons. The number of aryl methyl sites for hydroxylation is 1. The van der Waals surface area contributed by atoms with Crippen LogP contribution in [0.2, 0.25) is 0 Å². The molecule has 1 aliphatic carbocycles. The van der Waals surface area contributed by atoms with Gasteiger partial charge in [-0.1, -0.05) is 0 Å². The third-order valence-corrected chi connectivity index (χ3v) is 3.82. The minimum atomic E-state index is 0.00491. The molecule has 0 unspecified atom stereocenters. The monoisotopic (exact) mass is 247 g/mol. The van der Waals surface area contributed by atoms with Gasteiger partial charge in [-0.2, -0.15) is 11.3 Å². The van der Waals surface area contributed by atoms with Gasteiger partial charge in [0.25, 0.3) is 5.91 Å². The standard InChI is InChI=1S/C13H13NO2S/c15-13(9-5-7-17-8-9)14-11-2-1-3-12-10(11)4-6-16-12/h4-8,11H,1-3H2,(H,14,15)/t11-/m0/s1. The second kappa shape index (κ2) is 4.37. The van der Waals surface area contributed by atoms with Crippen LogP contribution in [0.15, 0.2) is 33.6 Å². The summed E-state index contributed by atoms with van der Waals surface area (Å²) in [4.78, 5) is 12.0. The first-order valence-corrected chi connectivity index (χ1v) is 6.68. The van der Waals surface area contributed by atoms with E-state index < -0.39 is 0 Å². The molecule has 2 aromatic heterocycles. The number of rotatable bonds is 2. The van der Waals surface area contributed by atoms with Gasteiger partial charge >= 0.3 is 0 Å². The van der Waals surface area contributed by atoms with E-state index >= 15 is 0 Å². The summed E-state index contributed by atoms with van der Waals surface area (Å²) in [6.07, 6.45) is 4.74. The summed E-state index contributed by atoms with van der Waals surface area (Å²) in [6, 6.07) is 3.91. The van der Waals surface area contributed by atoms with Gasteiger partial charge in [0, 0.05) is 17.4 Å². The maximum absolute atomic E-state index is 12.0. The minimum Gasteiger partial charge on any atom is -0.469 e. The number of carbonyl (C=O) groups excluding carboxylic acids is 1. The number of thiophene rings is 1. The Balaban J connectivity index is 1.77. The van der Waals surface area contributed by atoms with Crippen molar-refractivity contribution in [2.24, 2.45) is 0 Å². The minimum absolute atomic E-state index is 0.00491. The van der Waals surface area contributed by atoms with Crippen LogP contribution < -0.4 is 5.32 Å². The van der Waals surface area contributed by atoms with E-state index in [-0.39, 0.29) is 11.9 Å². The molecule has 88 valence electrons. The van der Waals surface area contributed by atoms with Crippen molar-refractivity contribution in [2.45, 2.75) is 25.3 Å². The number of hydrogen-bond acceptors (Lipinski definition) is 3. The van der Waals surface area contributed by atoms with Crippen LogP contribution in [-0.2, 0) is 6.42 Å². The summed E-state index contributed by atoms with van der Waals surface area (Å²) in [5, 5.41) is 6.86. The van der Waals surface area contributed by atoms with Gasteiger partial charge in [0.15, 0.2) is 0 Å². The molecule has 4 heteroatoms. The average Bonchev–Trinajstić information content (AvgIpc) is 3.00. The van der Waals surface area contributed by atoms with Crippen LogP contribution >= 0.6 is 11.3 Å². The van der Waals surface area contributed by atoms with Crippen LogP contribution in [0.4, 0.5) is 0 Å². The predicted octanol–water partition coefficient (Wildman–Crippen LogP) is 3.15. The molecule has 1 aliphatic rings. The third-order valence-electron chi connectivity index (χ3n) is 3.14. The molecule has 1 amide bonds. The van der Waals surface area contributed by atoms with E-state index in [1.54, 1.807) is 6.26 Å². The van der Waals surface area contributed by atoms with E-state index in [0.29, 0.717) is 0 Å². The first kappa shape index (κ1) is 10.6. The highest BCUT2D eigenvalue weighted by Gasteiger charge is 2.24. The van der Waals surface area contributed by atoms with E-state index in [1.165, 1.54) is 11.3 Å². The molecule has 0 aromatic carbocycles. The van der Waals surface area contributed by atoms with Crippen molar-refractivity contribution >= 4 is 17.2 Å². The van der Waals surface area contributed by atoms with Crippen LogP contribution in [0.5, 0.6) is 0 Å². The Morgan fingerprint density at radius 1 is 1.47 bits per heavy atom. The van der Waals surface area contributed by atoms with E-state index in [9.17, 15) is 4.79 Å². The van der Waals surface area contributed by atoms with E-state index in [4.69, 9.17) is 4.42 Å². The second-order valence-electron chi connectivity index (χ2n) is 4.23. The topological polar surface area (TPSA) is 42.2 Å². The lowest BCUT2D eigenvalue weighted by Crippen LogP contribution is -2.30. The van der Waals surface area contributed by atoms with Gasteiger partial charge in [0.2, 0.25) is 0 Å². The molecule has 2 heterocycles. The number of fused-ring (bicyclic) bond motifs is 1. The highest BCUT2D eigenvalue weighted by atomic mass is 32.1. The summed E-state index contributed by atoms with van der Waals surface area (Å²) >= 11 is 1.54. The summed E-state index contributed by atoms with van der Waals surface area (Å²) in [5.41, 5.74) is 1.88. The maximum atomic E-state index is 12.0. The Morgan fingerprint density at radius 2 is 2.41 bits per heavy atom. The maximum Gasteiger partial charge on any atom is 0.252 e. The first-order chi connectivity index (χ1) is 8.34. The molecule has 0 aliphatic heterocycles. The fourth-order valence-corrected chi connectivity index (χ4v) is 2.91. The number of nitrogens with one attached hydrogen (secondary N) is 1. The predicted molar refractivity (Wildman–Crippen MR) is 66.2 cm³/mol. The number of carbonyl (C=O) groups is 1. The van der Waals surface area contributed by atoms with Gasteiger partial charge in [-0.3, -0.25) is 4.79 Å². The van der Waals surface area contributed by atoms with Crippen molar-refractivity contribution in [3.8, 4) is 0 Å². The lowest BCUT2D eigenvalue weighted by molar-refractivity contribution is 0.0932. The molecule has 0 saturated heterocycles. The van der Waals surface area contributed by atoms with Gasteiger partial charge < -0.3 is 9.73 Å². The molecule has 0 saturated carbocycles. The van der Waals surface area contributed by atoms with Crippen LogP contribution in [-0.4, -0.2) is 5.91 Å². The molecule has 2 aromatic rings. The van der Waals surface area contributed by atoms with Crippen LogP contribution in [0.3, 0.4) is 0 Å². The zero-order chi connectivity index (χ0) is 11.7. The average molecular weight is 247 g/mol. The van der Waals surface area contributed by atoms with Crippen LogP contribution in [0.1, 0.15) is 40.6 Å². The van der Waals surface area contributed by atoms with Gasteiger partial charge in [-0.05, 0) is 30.4 Å². The number of furan rings is 1. The normalized spacial score (nSPS) is 18.7. The Bertz CT molecular complexity index is 515. The fourth-order valence-electron chi connectivity index (χ4n) is 2.27. The summed E-state index contributed by atoms with van der Waals surface area (Å²) in [6.45, 7) is 0. The quantitative estimate of drug-likeness (QED) is 0.885. The number of amides is 1. The SMILES string of the molecule is O=C(N[C@H]1CCCc2occc21)c1ccsc1. The third kappa shape index (κ3) is 2.00. The molecule has 0 spiro atoms. The van der Waals surface area contributed by atoms with Gasteiger partial charge in [0.05, 0.1) is 17.9 Å². The zero-order valence-corrected chi connectivity index (χ0v) is 10.1. The molecule has 1 N–H and O–H groups in total. The van der Waals surface area contributed by atoms with Crippen LogP contribution in [0, 0.1) is 0 Å². The molecule has 17 heavy (non-hydrogen) atoms. The van der Waals surface area contributed by atoms with Crippen molar-refractivity contribution in [2.75, 3.05) is 0 Å². The van der Waals surface area contributed by atoms with Crippen molar-refractivity contribution in [1.29, 1.82) is 0 Å². The second-order valence-corrected chi connectivity index (χ2v) is 5.01. The van der Waals surface area contributed by atoms with E-state index in [2.05, 4.69) is 5.32 Å². The lowest BCUT2D eigenvalue weighted by atomic mass is 9.93. The zero-order valence-electron chi connectivity index (χ0n) is 9.31. The smallest absolute Gasteiger partial charge is 0.252 e. The van der Waals surface area contributed by atoms with Gasteiger partial charge in [-0.25, -0.2) is 0 Å². The van der Waals surface area contributed by atoms with Crippen molar-refractivity contribution in [3.63, 3.8) is 0 Å². The molecule has 1 atom stereocenters. The highest BCUT2D eigenvalue weighted by molar-refractivity contribution is 7.08. The summed E-state index contributed by atoms with van der Waals surface area (Å²) in [5.74, 6) is 1.03. The fraction of sp³-hybridized carbons (Fsp3) is 0.308. The Kier molecular flexibility index (Phi) is 2.73. The van der Waals surface area contributed by atoms with Crippen molar-refractivity contribution in [3.05, 3.63) is 46.0 Å². The van der Waals surface area contributed by atoms with E-state index in [0.717, 1.165) is 36.1 Å². The van der Waals surface area contributed by atoms with Crippen molar-refractivity contribution < 1.29 is 9.21 Å². The number of hydrogen-bond donors (Lipinski definition) is 1. The van der Waals surface area contributed by atoms with Crippen molar-refractivity contribution in [1.82, 2.24) is 5.32 Å². The molecular formula is C13H13NO2S. The lowest BCUT2D eigenvalue weighted by Gasteiger charge is -2.22. The molecule has 0 bridgehead atoms. The largest absolute Gasteiger partial charge is 0.469 e. The van der Waals surface area contributed by atoms with Gasteiger partial charge in [-0.15, -0.1) is 0 Å². The Hall–Kier alpha value is -1.55. The molecular weight excluding hydrogens is 234 g/mol. The Morgan fingerprint density at radius 3 is 3.24 bits per heavy atom. The van der Waals surface area contributed by atoms with E-state index in [1.807, 2.05) is 22.9 Å². The van der Waals surface area contributed by atoms with Gasteiger partial charge in [0.1, 0.15) is 5.76 Å². The molecule has 0 fully saturated rings. The molecule has 3 rings (SSSR count). The Labute approximate surface area is 103 Å². The summed E-state index contributed by atoms with van der Waals surface area (Å²) < 4.78 is 5.41. The highest BCUT2D eigenvalue weighted by Crippen LogP contribution is 2.30. The van der Waals surface area contributed by atoms with Crippen LogP contribution in [0.25, 0.3) is 0 Å². The molecule has 3 nitrogen and oxygen atoms in total.